The van der Waals surface area contributed by atoms with Crippen LogP contribution in [0.5, 0.6) is 0 Å². The number of benzene rings is 2. The predicted octanol–water partition coefficient (Wildman–Crippen LogP) is 2.45. The molecule has 4 rings (SSSR count). The number of aromatic amines is 1. The Morgan fingerprint density at radius 1 is 1.17 bits per heavy atom. The second kappa shape index (κ2) is 7.36. The van der Waals surface area contributed by atoms with Gasteiger partial charge in [0.25, 0.3) is 5.91 Å². The SMILES string of the molecule is C[C@@H]1CS(=O)(=O)N(c2ccc(C(=O)NCCc3c[nH]c4ccccc34)cc2)C1=O. The fourth-order valence-electron chi connectivity index (χ4n) is 3.59. The summed E-state index contributed by atoms with van der Waals surface area (Å²) in [5, 5.41) is 4.01. The Kier molecular flexibility index (Phi) is 4.87. The van der Waals surface area contributed by atoms with Gasteiger partial charge in [-0.3, -0.25) is 9.59 Å². The highest BCUT2D eigenvalue weighted by molar-refractivity contribution is 7.94. The van der Waals surface area contributed by atoms with Crippen molar-refractivity contribution < 1.29 is 18.0 Å². The van der Waals surface area contributed by atoms with Crippen LogP contribution in [0.2, 0.25) is 0 Å². The largest absolute Gasteiger partial charge is 0.361 e. The summed E-state index contributed by atoms with van der Waals surface area (Å²) in [6, 6.07) is 14.0. The van der Waals surface area contributed by atoms with E-state index in [4.69, 9.17) is 0 Å². The van der Waals surface area contributed by atoms with Crippen molar-refractivity contribution in [2.45, 2.75) is 13.3 Å². The smallest absolute Gasteiger partial charge is 0.251 e. The fraction of sp³-hybridized carbons (Fsp3) is 0.238. The van der Waals surface area contributed by atoms with Crippen LogP contribution in [0.4, 0.5) is 5.69 Å². The van der Waals surface area contributed by atoms with Crippen molar-refractivity contribution >= 4 is 38.4 Å². The molecule has 1 saturated heterocycles. The van der Waals surface area contributed by atoms with Crippen LogP contribution in [0.3, 0.4) is 0 Å². The monoisotopic (exact) mass is 411 g/mol. The molecule has 2 heterocycles. The summed E-state index contributed by atoms with van der Waals surface area (Å²) in [6.07, 6.45) is 2.63. The van der Waals surface area contributed by atoms with Crippen molar-refractivity contribution in [1.29, 1.82) is 0 Å². The van der Waals surface area contributed by atoms with Crippen molar-refractivity contribution in [2.75, 3.05) is 16.6 Å². The summed E-state index contributed by atoms with van der Waals surface area (Å²) in [7, 11) is -3.65. The third-order valence-corrected chi connectivity index (χ3v) is 6.95. The van der Waals surface area contributed by atoms with Gasteiger partial charge in [0.1, 0.15) is 0 Å². The van der Waals surface area contributed by atoms with Crippen LogP contribution < -0.4 is 9.62 Å². The van der Waals surface area contributed by atoms with E-state index in [1.54, 1.807) is 6.92 Å². The third-order valence-electron chi connectivity index (χ3n) is 5.08. The molecule has 1 aliphatic heterocycles. The van der Waals surface area contributed by atoms with E-state index in [1.165, 1.54) is 24.3 Å². The number of carbonyl (C=O) groups is 2. The van der Waals surface area contributed by atoms with Gasteiger partial charge >= 0.3 is 0 Å². The van der Waals surface area contributed by atoms with Crippen molar-refractivity contribution in [1.82, 2.24) is 10.3 Å². The van der Waals surface area contributed by atoms with E-state index in [0.29, 0.717) is 18.5 Å². The molecule has 2 N–H and O–H groups in total. The number of nitrogens with zero attached hydrogens (tertiary/aromatic N) is 1. The number of fused-ring (bicyclic) bond motifs is 1. The van der Waals surface area contributed by atoms with E-state index in [9.17, 15) is 18.0 Å². The predicted molar refractivity (Wildman–Crippen MR) is 111 cm³/mol. The molecule has 0 aliphatic carbocycles. The zero-order chi connectivity index (χ0) is 20.6. The third kappa shape index (κ3) is 3.63. The molecular formula is C21H21N3O4S. The molecule has 2 amide bonds. The van der Waals surface area contributed by atoms with Crippen LogP contribution in [0.15, 0.2) is 54.7 Å². The fourth-order valence-corrected chi connectivity index (χ4v) is 5.41. The van der Waals surface area contributed by atoms with Gasteiger partial charge < -0.3 is 10.3 Å². The first kappa shape index (κ1) is 19.2. The lowest BCUT2D eigenvalue weighted by molar-refractivity contribution is -0.119. The molecule has 7 nitrogen and oxygen atoms in total. The highest BCUT2D eigenvalue weighted by atomic mass is 32.2. The molecular weight excluding hydrogens is 390 g/mol. The topological polar surface area (TPSA) is 99.3 Å². The van der Waals surface area contributed by atoms with Crippen LogP contribution in [-0.2, 0) is 21.2 Å². The maximum absolute atomic E-state index is 12.4. The first-order chi connectivity index (χ1) is 13.9. The van der Waals surface area contributed by atoms with E-state index >= 15 is 0 Å². The lowest BCUT2D eigenvalue weighted by atomic mass is 10.1. The highest BCUT2D eigenvalue weighted by Crippen LogP contribution is 2.28. The quantitative estimate of drug-likeness (QED) is 0.674. The molecule has 1 fully saturated rings. The van der Waals surface area contributed by atoms with Gasteiger partial charge in [0.15, 0.2) is 0 Å². The van der Waals surface area contributed by atoms with Crippen molar-refractivity contribution in [3.8, 4) is 0 Å². The minimum absolute atomic E-state index is 0.193. The summed E-state index contributed by atoms with van der Waals surface area (Å²) in [4.78, 5) is 27.8. The number of para-hydroxylation sites is 1. The Balaban J connectivity index is 1.40. The Labute approximate surface area is 168 Å². The Morgan fingerprint density at radius 2 is 1.90 bits per heavy atom. The Morgan fingerprint density at radius 3 is 2.59 bits per heavy atom. The molecule has 0 radical (unpaired) electrons. The van der Waals surface area contributed by atoms with Crippen LogP contribution in [0.1, 0.15) is 22.8 Å². The van der Waals surface area contributed by atoms with E-state index in [-0.39, 0.29) is 17.3 Å². The molecule has 0 unspecified atom stereocenters. The number of carbonyl (C=O) groups excluding carboxylic acids is 2. The number of sulfonamides is 1. The zero-order valence-corrected chi connectivity index (χ0v) is 16.7. The molecule has 1 aliphatic rings. The lowest BCUT2D eigenvalue weighted by Crippen LogP contribution is -2.30. The van der Waals surface area contributed by atoms with Crippen LogP contribution in [-0.4, -0.2) is 37.5 Å². The van der Waals surface area contributed by atoms with Crippen molar-refractivity contribution in [3.63, 3.8) is 0 Å². The van der Waals surface area contributed by atoms with Gasteiger partial charge in [0, 0.05) is 29.2 Å². The number of H-pyrrole nitrogens is 1. The van der Waals surface area contributed by atoms with Crippen molar-refractivity contribution in [3.05, 3.63) is 65.9 Å². The molecule has 0 saturated carbocycles. The molecule has 2 aromatic carbocycles. The molecule has 150 valence electrons. The van der Waals surface area contributed by atoms with Crippen LogP contribution in [0, 0.1) is 5.92 Å². The molecule has 1 atom stereocenters. The van der Waals surface area contributed by atoms with Gasteiger partial charge in [-0.15, -0.1) is 0 Å². The standard InChI is InChI=1S/C21H21N3O4S/c1-14-13-29(27,28)24(21(14)26)17-8-6-15(7-9-17)20(25)22-11-10-16-12-23-19-5-3-2-4-18(16)19/h2-9,12,14,23H,10-11,13H2,1H3,(H,22,25)/t14-/m1/s1. The molecule has 1 aromatic heterocycles. The lowest BCUT2D eigenvalue weighted by Gasteiger charge is -2.15. The van der Waals surface area contributed by atoms with Gasteiger partial charge in [-0.05, 0) is 42.3 Å². The van der Waals surface area contributed by atoms with Gasteiger partial charge in [0.2, 0.25) is 15.9 Å². The van der Waals surface area contributed by atoms with Gasteiger partial charge in [-0.25, -0.2) is 12.7 Å². The van der Waals surface area contributed by atoms with Gasteiger partial charge in [-0.2, -0.15) is 0 Å². The Bertz CT molecular complexity index is 1180. The first-order valence-corrected chi connectivity index (χ1v) is 11.0. The second-order valence-electron chi connectivity index (χ2n) is 7.19. The average molecular weight is 411 g/mol. The number of hydrogen-bond acceptors (Lipinski definition) is 4. The molecule has 0 spiro atoms. The summed E-state index contributed by atoms with van der Waals surface area (Å²) in [5.41, 5.74) is 2.85. The van der Waals surface area contributed by atoms with Crippen LogP contribution in [0.25, 0.3) is 10.9 Å². The number of hydrogen-bond donors (Lipinski definition) is 2. The molecule has 29 heavy (non-hydrogen) atoms. The number of rotatable bonds is 5. The maximum atomic E-state index is 12.4. The summed E-state index contributed by atoms with van der Waals surface area (Å²) < 4.78 is 25.2. The normalized spacial score (nSPS) is 18.3. The summed E-state index contributed by atoms with van der Waals surface area (Å²) in [5.74, 6) is -1.45. The van der Waals surface area contributed by atoms with E-state index in [1.807, 2.05) is 30.5 Å². The number of amides is 2. The summed E-state index contributed by atoms with van der Waals surface area (Å²) in [6.45, 7) is 2.06. The maximum Gasteiger partial charge on any atom is 0.251 e. The minimum Gasteiger partial charge on any atom is -0.361 e. The average Bonchev–Trinajstić information content (AvgIpc) is 3.19. The first-order valence-electron chi connectivity index (χ1n) is 9.37. The molecule has 0 bridgehead atoms. The van der Waals surface area contributed by atoms with Gasteiger partial charge in [-0.1, -0.05) is 25.1 Å². The number of anilines is 1. The van der Waals surface area contributed by atoms with E-state index in [0.717, 1.165) is 20.8 Å². The number of nitrogens with one attached hydrogen (secondary N) is 2. The van der Waals surface area contributed by atoms with Crippen LogP contribution >= 0.6 is 0 Å². The highest BCUT2D eigenvalue weighted by Gasteiger charge is 2.41. The summed E-state index contributed by atoms with van der Waals surface area (Å²) >= 11 is 0. The Hall–Kier alpha value is -3.13. The van der Waals surface area contributed by atoms with E-state index in [2.05, 4.69) is 10.3 Å². The van der Waals surface area contributed by atoms with Gasteiger partial charge in [0.05, 0.1) is 17.4 Å². The van der Waals surface area contributed by atoms with E-state index < -0.39 is 21.8 Å². The number of aromatic nitrogens is 1. The second-order valence-corrected chi connectivity index (χ2v) is 9.06. The minimum atomic E-state index is -3.65. The molecule has 8 heteroatoms. The van der Waals surface area contributed by atoms with Crippen molar-refractivity contribution in [2.24, 2.45) is 5.92 Å². The zero-order valence-electron chi connectivity index (χ0n) is 15.9. The molecule has 3 aromatic rings.